The summed E-state index contributed by atoms with van der Waals surface area (Å²) in [5, 5.41) is 5.07. The van der Waals surface area contributed by atoms with E-state index in [4.69, 9.17) is 25.5 Å². The minimum Gasteiger partial charge on any atom is -0.493 e. The number of nitrogens with zero attached hydrogens (tertiary/aromatic N) is 1. The first-order valence-electron chi connectivity index (χ1n) is 9.81. The molecule has 0 unspecified atom stereocenters. The molecule has 174 valence electrons. The smallest absolute Gasteiger partial charge is 0.307 e. The molecule has 1 N–H and O–H groups in total. The van der Waals surface area contributed by atoms with E-state index in [1.807, 2.05) is 12.1 Å². The molecule has 1 heterocycles. The van der Waals surface area contributed by atoms with Gasteiger partial charge in [0.05, 0.1) is 21.9 Å². The fraction of sp³-hybridized carbons (Fsp3) is 0.0833. The average molecular weight is 658 g/mol. The van der Waals surface area contributed by atoms with Crippen molar-refractivity contribution in [3.05, 3.63) is 90.4 Å². The van der Waals surface area contributed by atoms with E-state index in [0.29, 0.717) is 28.2 Å². The molecule has 34 heavy (non-hydrogen) atoms. The van der Waals surface area contributed by atoms with Crippen LogP contribution < -0.4 is 14.9 Å². The number of nitrogens with one attached hydrogen (secondary N) is 1. The predicted octanol–water partition coefficient (Wildman–Crippen LogP) is 6.94. The number of amides is 1. The molecule has 10 heteroatoms. The van der Waals surface area contributed by atoms with E-state index in [1.165, 1.54) is 25.5 Å². The molecule has 4 rings (SSSR count). The first-order valence-corrected chi connectivity index (χ1v) is 12.1. The Morgan fingerprint density at radius 3 is 2.85 bits per heavy atom. The largest absolute Gasteiger partial charge is 0.493 e. The second-order valence-electron chi connectivity index (χ2n) is 7.07. The molecule has 0 fully saturated rings. The van der Waals surface area contributed by atoms with Crippen LogP contribution in [-0.4, -0.2) is 19.2 Å². The molecule has 0 radical (unpaired) electrons. The van der Waals surface area contributed by atoms with Gasteiger partial charge in [-0.15, -0.1) is 0 Å². The molecule has 1 amide bonds. The van der Waals surface area contributed by atoms with Crippen molar-refractivity contribution in [2.45, 2.75) is 6.61 Å². The summed E-state index contributed by atoms with van der Waals surface area (Å²) in [4.78, 5) is 12.5. The lowest BCUT2D eigenvalue weighted by Gasteiger charge is -2.13. The Hall–Kier alpha value is -2.63. The fourth-order valence-electron chi connectivity index (χ4n) is 3.14. The van der Waals surface area contributed by atoms with Gasteiger partial charge in [0.2, 0.25) is 0 Å². The topological polar surface area (TPSA) is 73.1 Å². The van der Waals surface area contributed by atoms with Crippen LogP contribution in [0.5, 0.6) is 11.5 Å². The second kappa shape index (κ2) is 10.7. The molecular weight excluding hydrogens is 642 g/mol. The number of furan rings is 1. The molecule has 1 aromatic heterocycles. The molecule has 4 aromatic rings. The van der Waals surface area contributed by atoms with E-state index in [1.54, 1.807) is 30.3 Å². The summed E-state index contributed by atoms with van der Waals surface area (Å²) in [6.07, 6.45) is 1.42. The van der Waals surface area contributed by atoms with Gasteiger partial charge in [0.15, 0.2) is 17.3 Å². The van der Waals surface area contributed by atoms with E-state index in [0.717, 1.165) is 13.4 Å². The molecule has 0 atom stereocenters. The number of hydrogen-bond acceptors (Lipinski definition) is 5. The maximum Gasteiger partial charge on any atom is 0.307 e. The summed E-state index contributed by atoms with van der Waals surface area (Å²) in [7, 11) is 1.48. The molecule has 0 saturated carbocycles. The van der Waals surface area contributed by atoms with Crippen LogP contribution in [0.15, 0.2) is 68.6 Å². The van der Waals surface area contributed by atoms with Crippen LogP contribution in [0.4, 0.5) is 4.39 Å². The van der Waals surface area contributed by atoms with Crippen LogP contribution in [0.2, 0.25) is 5.02 Å². The Kier molecular flexibility index (Phi) is 7.74. The van der Waals surface area contributed by atoms with Crippen molar-refractivity contribution in [1.82, 2.24) is 5.43 Å². The monoisotopic (exact) mass is 656 g/mol. The summed E-state index contributed by atoms with van der Waals surface area (Å²) in [5.74, 6) is -0.0165. The Balaban J connectivity index is 1.46. The summed E-state index contributed by atoms with van der Waals surface area (Å²) in [6, 6.07) is 14.8. The number of fused-ring (bicyclic) bond motifs is 1. The Bertz CT molecular complexity index is 1410. The standard InChI is InChI=1S/C24H16BrClFIN2O4/c1-32-20-7-14(6-18(26)23(20)33-12-13-3-2-4-17(27)5-13)11-29-30-24(31)21-9-15-8-16(25)10-19(28)22(15)34-21/h2-11H,12H2,1H3,(H,30,31)/b29-11-. The van der Waals surface area contributed by atoms with Crippen molar-refractivity contribution in [2.75, 3.05) is 7.11 Å². The van der Waals surface area contributed by atoms with Crippen LogP contribution in [-0.2, 0) is 6.61 Å². The molecule has 0 aliphatic carbocycles. The van der Waals surface area contributed by atoms with Gasteiger partial charge in [0.1, 0.15) is 18.0 Å². The van der Waals surface area contributed by atoms with Crippen molar-refractivity contribution in [3.63, 3.8) is 0 Å². The highest BCUT2D eigenvalue weighted by molar-refractivity contribution is 14.1. The van der Waals surface area contributed by atoms with Crippen molar-refractivity contribution < 1.29 is 23.1 Å². The highest BCUT2D eigenvalue weighted by Crippen LogP contribution is 2.36. The quantitative estimate of drug-likeness (QED) is 0.133. The number of benzene rings is 3. The SMILES string of the molecule is COc1cc(/C=N\NC(=O)c2cc3cc(Br)cc(I)c3o2)cc(Cl)c1OCc1cccc(F)c1. The molecule has 3 aromatic carbocycles. The fourth-order valence-corrected chi connectivity index (χ4v) is 5.08. The highest BCUT2D eigenvalue weighted by atomic mass is 127. The van der Waals surface area contributed by atoms with E-state index in [-0.39, 0.29) is 23.2 Å². The van der Waals surface area contributed by atoms with Crippen LogP contribution >= 0.6 is 50.1 Å². The van der Waals surface area contributed by atoms with Gasteiger partial charge < -0.3 is 13.9 Å². The number of hydrazone groups is 1. The van der Waals surface area contributed by atoms with Gasteiger partial charge in [0, 0.05) is 9.86 Å². The Morgan fingerprint density at radius 2 is 2.09 bits per heavy atom. The number of hydrogen-bond donors (Lipinski definition) is 1. The van der Waals surface area contributed by atoms with E-state index in [2.05, 4.69) is 49.0 Å². The third-order valence-corrected chi connectivity index (χ3v) is 6.20. The second-order valence-corrected chi connectivity index (χ2v) is 9.55. The lowest BCUT2D eigenvalue weighted by Crippen LogP contribution is -2.16. The highest BCUT2D eigenvalue weighted by Gasteiger charge is 2.15. The predicted molar refractivity (Wildman–Crippen MR) is 140 cm³/mol. The van der Waals surface area contributed by atoms with Crippen LogP contribution in [0.3, 0.4) is 0 Å². The number of ether oxygens (including phenoxy) is 2. The van der Waals surface area contributed by atoms with Crippen LogP contribution in [0, 0.1) is 9.39 Å². The molecule has 0 spiro atoms. The maximum atomic E-state index is 13.4. The zero-order valence-corrected chi connectivity index (χ0v) is 22.1. The normalized spacial score (nSPS) is 11.2. The zero-order chi connectivity index (χ0) is 24.2. The number of halogens is 4. The van der Waals surface area contributed by atoms with Crippen molar-refractivity contribution in [2.24, 2.45) is 5.10 Å². The molecule has 0 aliphatic heterocycles. The summed E-state index contributed by atoms with van der Waals surface area (Å²) in [5.41, 5.74) is 4.29. The summed E-state index contributed by atoms with van der Waals surface area (Å²) in [6.45, 7) is 0.115. The third kappa shape index (κ3) is 5.70. The lowest BCUT2D eigenvalue weighted by atomic mass is 10.2. The first kappa shape index (κ1) is 24.5. The third-order valence-electron chi connectivity index (χ3n) is 4.66. The van der Waals surface area contributed by atoms with Gasteiger partial charge in [-0.1, -0.05) is 39.7 Å². The van der Waals surface area contributed by atoms with Gasteiger partial charge >= 0.3 is 5.91 Å². The summed E-state index contributed by atoms with van der Waals surface area (Å²) >= 11 is 11.9. The molecule has 0 aliphatic rings. The molecular formula is C24H16BrClFIN2O4. The van der Waals surface area contributed by atoms with Crippen molar-refractivity contribution >= 4 is 73.2 Å². The number of carbonyl (C=O) groups is 1. The maximum absolute atomic E-state index is 13.4. The van der Waals surface area contributed by atoms with Crippen LogP contribution in [0.25, 0.3) is 11.0 Å². The lowest BCUT2D eigenvalue weighted by molar-refractivity contribution is 0.0929. The first-order chi connectivity index (χ1) is 16.3. The number of rotatable bonds is 7. The molecule has 0 saturated heterocycles. The van der Waals surface area contributed by atoms with E-state index < -0.39 is 5.91 Å². The van der Waals surface area contributed by atoms with Crippen LogP contribution in [0.1, 0.15) is 21.7 Å². The van der Waals surface area contributed by atoms with Gasteiger partial charge in [-0.3, -0.25) is 4.79 Å². The zero-order valence-electron chi connectivity index (χ0n) is 17.6. The Labute approximate surface area is 221 Å². The average Bonchev–Trinajstić information content (AvgIpc) is 3.22. The molecule has 6 nitrogen and oxygen atoms in total. The Morgan fingerprint density at radius 1 is 1.26 bits per heavy atom. The van der Waals surface area contributed by atoms with Gasteiger partial charge in [-0.05, 0) is 76.2 Å². The number of carbonyl (C=O) groups excluding carboxylic acids is 1. The summed E-state index contributed by atoms with van der Waals surface area (Å²) < 4.78 is 31.9. The van der Waals surface area contributed by atoms with Gasteiger partial charge in [-0.25, -0.2) is 9.82 Å². The van der Waals surface area contributed by atoms with E-state index in [9.17, 15) is 9.18 Å². The minimum absolute atomic E-state index is 0.115. The number of methoxy groups -OCH3 is 1. The molecule has 0 bridgehead atoms. The van der Waals surface area contributed by atoms with E-state index >= 15 is 0 Å². The van der Waals surface area contributed by atoms with Gasteiger partial charge in [-0.2, -0.15) is 5.10 Å². The van der Waals surface area contributed by atoms with Crippen molar-refractivity contribution in [3.8, 4) is 11.5 Å². The van der Waals surface area contributed by atoms with Gasteiger partial charge in [0.25, 0.3) is 0 Å². The minimum atomic E-state index is -0.493. The van der Waals surface area contributed by atoms with Crippen molar-refractivity contribution in [1.29, 1.82) is 0 Å².